The lowest BCUT2D eigenvalue weighted by Gasteiger charge is -2.12. The van der Waals surface area contributed by atoms with E-state index >= 15 is 0 Å². The summed E-state index contributed by atoms with van der Waals surface area (Å²) in [5.41, 5.74) is 5.55. The third-order valence-corrected chi connectivity index (χ3v) is 5.86. The predicted octanol–water partition coefficient (Wildman–Crippen LogP) is 6.51. The second-order valence-corrected chi connectivity index (χ2v) is 8.71. The zero-order valence-corrected chi connectivity index (χ0v) is 21.9. The maximum atomic E-state index is 11.3. The Morgan fingerprint density at radius 1 is 0.921 bits per heavy atom. The molecule has 0 radical (unpaired) electrons. The van der Waals surface area contributed by atoms with Gasteiger partial charge in [0.2, 0.25) is 0 Å². The largest absolute Gasteiger partial charge is 0.489 e. The summed E-state index contributed by atoms with van der Waals surface area (Å²) in [7, 11) is 1.33. The Balaban J connectivity index is 1.50. The van der Waals surface area contributed by atoms with Crippen molar-refractivity contribution in [2.75, 3.05) is 20.3 Å². The van der Waals surface area contributed by atoms with Gasteiger partial charge in [-0.05, 0) is 95.8 Å². The third kappa shape index (κ3) is 7.49. The fourth-order valence-corrected chi connectivity index (χ4v) is 3.75. The topological polar surface area (TPSA) is 57.7 Å². The normalized spacial score (nSPS) is 10.8. The van der Waals surface area contributed by atoms with Gasteiger partial charge in [0.05, 0.1) is 7.11 Å². The highest BCUT2D eigenvalue weighted by Gasteiger charge is 2.08. The number of aryl methyl sites for hydroxylation is 1. The molecule has 0 aliphatic carbocycles. The molecule has 0 unspecified atom stereocenters. The van der Waals surface area contributed by atoms with Gasteiger partial charge in [-0.1, -0.05) is 47.9 Å². The minimum absolute atomic E-state index is 0.141. The minimum Gasteiger partial charge on any atom is -0.489 e. The molecule has 0 bridgehead atoms. The molecule has 1 aromatic heterocycles. The number of hydrogen-bond acceptors (Lipinski definition) is 5. The number of benzene rings is 3. The van der Waals surface area contributed by atoms with Gasteiger partial charge in [-0.15, -0.1) is 0 Å². The van der Waals surface area contributed by atoms with Crippen LogP contribution in [0.2, 0.25) is 5.02 Å². The Morgan fingerprint density at radius 3 is 2.32 bits per heavy atom. The number of nitrogens with zero attached hydrogens (tertiary/aromatic N) is 1. The molecule has 6 heteroatoms. The first-order chi connectivity index (χ1) is 18.5. The van der Waals surface area contributed by atoms with E-state index in [1.807, 2.05) is 91.9 Å². The summed E-state index contributed by atoms with van der Waals surface area (Å²) in [6.45, 7) is 2.10. The Bertz CT molecular complexity index is 1470. The van der Waals surface area contributed by atoms with Gasteiger partial charge in [-0.25, -0.2) is 9.78 Å². The molecule has 3 aromatic carbocycles. The van der Waals surface area contributed by atoms with Gasteiger partial charge in [0, 0.05) is 16.8 Å². The molecule has 0 saturated carbocycles. The molecule has 0 aliphatic heterocycles. The molecule has 1 heterocycles. The number of methoxy groups -OCH3 is 1. The molecule has 4 rings (SSSR count). The summed E-state index contributed by atoms with van der Waals surface area (Å²) < 4.78 is 16.1. The summed E-state index contributed by atoms with van der Waals surface area (Å²) in [5, 5.41) is 0.675. The van der Waals surface area contributed by atoms with Crippen LogP contribution >= 0.6 is 11.6 Å². The van der Waals surface area contributed by atoms with Crippen LogP contribution in [-0.2, 0) is 9.53 Å². The quantitative estimate of drug-likeness (QED) is 0.195. The van der Waals surface area contributed by atoms with Gasteiger partial charge in [0.1, 0.15) is 23.8 Å². The molecule has 38 heavy (non-hydrogen) atoms. The number of carbonyl (C=O) groups is 1. The first-order valence-corrected chi connectivity index (χ1v) is 12.3. The molecule has 4 aromatic rings. The van der Waals surface area contributed by atoms with Gasteiger partial charge >= 0.3 is 5.97 Å². The number of rotatable bonds is 8. The smallest absolute Gasteiger partial charge is 0.343 e. The van der Waals surface area contributed by atoms with Crippen LogP contribution in [0.1, 0.15) is 27.9 Å². The highest BCUT2D eigenvalue weighted by atomic mass is 35.5. The van der Waals surface area contributed by atoms with E-state index in [-0.39, 0.29) is 6.61 Å². The van der Waals surface area contributed by atoms with Gasteiger partial charge in [0.15, 0.2) is 6.61 Å². The maximum Gasteiger partial charge on any atom is 0.343 e. The van der Waals surface area contributed by atoms with E-state index in [1.165, 1.54) is 7.11 Å². The Kier molecular flexibility index (Phi) is 9.17. The van der Waals surface area contributed by atoms with Crippen LogP contribution in [0.3, 0.4) is 0 Å². The zero-order chi connectivity index (χ0) is 26.7. The average Bonchev–Trinajstić information content (AvgIpc) is 2.95. The van der Waals surface area contributed by atoms with Crippen molar-refractivity contribution >= 4 is 23.1 Å². The van der Waals surface area contributed by atoms with Crippen molar-refractivity contribution in [2.24, 2.45) is 0 Å². The summed E-state index contributed by atoms with van der Waals surface area (Å²) in [6.07, 6.45) is 3.77. The summed E-state index contributed by atoms with van der Waals surface area (Å²) in [6, 6.07) is 26.9. The number of carbonyl (C=O) groups excluding carboxylic acids is 1. The van der Waals surface area contributed by atoms with Crippen LogP contribution in [0.25, 0.3) is 5.57 Å². The van der Waals surface area contributed by atoms with E-state index in [0.717, 1.165) is 33.5 Å². The molecular formula is C32H26ClNO4. The van der Waals surface area contributed by atoms with Gasteiger partial charge in [-0.3, -0.25) is 0 Å². The van der Waals surface area contributed by atoms with Gasteiger partial charge < -0.3 is 14.2 Å². The van der Waals surface area contributed by atoms with Gasteiger partial charge in [0.25, 0.3) is 0 Å². The molecule has 0 atom stereocenters. The highest BCUT2D eigenvalue weighted by molar-refractivity contribution is 6.30. The molecular weight excluding hydrogens is 498 g/mol. The molecule has 0 spiro atoms. The molecule has 190 valence electrons. The zero-order valence-electron chi connectivity index (χ0n) is 21.1. The first-order valence-electron chi connectivity index (χ1n) is 11.9. The van der Waals surface area contributed by atoms with Crippen LogP contribution in [0.5, 0.6) is 11.5 Å². The average molecular weight is 524 g/mol. The van der Waals surface area contributed by atoms with Crippen molar-refractivity contribution in [3.63, 3.8) is 0 Å². The lowest BCUT2D eigenvalue weighted by molar-refractivity contribution is -0.142. The first kappa shape index (κ1) is 26.5. The molecule has 0 fully saturated rings. The van der Waals surface area contributed by atoms with E-state index in [0.29, 0.717) is 23.1 Å². The monoisotopic (exact) mass is 523 g/mol. The molecule has 0 aliphatic rings. The van der Waals surface area contributed by atoms with Crippen molar-refractivity contribution in [1.29, 1.82) is 0 Å². The van der Waals surface area contributed by atoms with Crippen molar-refractivity contribution in [1.82, 2.24) is 4.98 Å². The lowest BCUT2D eigenvalue weighted by atomic mass is 9.97. The minimum atomic E-state index is -0.433. The summed E-state index contributed by atoms with van der Waals surface area (Å²) in [4.78, 5) is 15.6. The lowest BCUT2D eigenvalue weighted by Crippen LogP contribution is -2.13. The Morgan fingerprint density at radius 2 is 1.66 bits per heavy atom. The fourth-order valence-electron chi connectivity index (χ4n) is 3.63. The van der Waals surface area contributed by atoms with E-state index in [4.69, 9.17) is 21.1 Å². The fraction of sp³-hybridized carbons (Fsp3) is 0.125. The number of halogens is 1. The maximum absolute atomic E-state index is 11.3. The Labute approximate surface area is 227 Å². The van der Waals surface area contributed by atoms with Crippen LogP contribution in [0, 0.1) is 18.8 Å². The summed E-state index contributed by atoms with van der Waals surface area (Å²) in [5.74, 6) is 7.10. The second-order valence-electron chi connectivity index (χ2n) is 8.27. The van der Waals surface area contributed by atoms with Crippen LogP contribution in [0.4, 0.5) is 0 Å². The molecule has 5 nitrogen and oxygen atoms in total. The second kappa shape index (κ2) is 13.1. The third-order valence-electron chi connectivity index (χ3n) is 5.61. The van der Waals surface area contributed by atoms with E-state index < -0.39 is 5.97 Å². The molecule has 0 saturated heterocycles. The predicted molar refractivity (Wildman–Crippen MR) is 149 cm³/mol. The van der Waals surface area contributed by atoms with E-state index in [1.54, 1.807) is 12.3 Å². The van der Waals surface area contributed by atoms with Crippen LogP contribution in [-0.4, -0.2) is 31.3 Å². The molecule has 0 N–H and O–H groups in total. The van der Waals surface area contributed by atoms with Crippen molar-refractivity contribution in [3.8, 4) is 23.3 Å². The Hall–Kier alpha value is -4.53. The number of aromatic nitrogens is 1. The summed E-state index contributed by atoms with van der Waals surface area (Å²) >= 11 is 6.13. The number of ether oxygens (including phenoxy) is 3. The van der Waals surface area contributed by atoms with Crippen molar-refractivity contribution < 1.29 is 19.0 Å². The SMILES string of the molecule is COC(=O)COc1ccc(OC/C=C(/c2ccc(Cl)cc2)c2ccc(C#Cc3ccccn3)cc2)cc1C. The van der Waals surface area contributed by atoms with Crippen molar-refractivity contribution in [3.05, 3.63) is 130 Å². The van der Waals surface area contributed by atoms with Gasteiger partial charge in [-0.2, -0.15) is 0 Å². The van der Waals surface area contributed by atoms with Crippen molar-refractivity contribution in [2.45, 2.75) is 6.92 Å². The number of pyridine rings is 1. The highest BCUT2D eigenvalue weighted by Crippen LogP contribution is 2.27. The van der Waals surface area contributed by atoms with Crippen LogP contribution in [0.15, 0.2) is 97.2 Å². The molecule has 0 amide bonds. The van der Waals surface area contributed by atoms with E-state index in [9.17, 15) is 4.79 Å². The standard InChI is InChI=1S/C32H26ClNO4/c1-23-21-29(16-17-31(23)38-22-32(35)36-2)37-20-18-30(26-11-13-27(33)14-12-26)25-9-6-24(7-10-25)8-15-28-5-3-4-19-34-28/h3-7,9-14,16-19,21H,20,22H2,1-2H3/b30-18+. The van der Waals surface area contributed by atoms with E-state index in [2.05, 4.69) is 21.6 Å². The number of esters is 1. The number of hydrogen-bond donors (Lipinski definition) is 0. The van der Waals surface area contributed by atoms with Crippen LogP contribution < -0.4 is 9.47 Å².